The molecule has 0 unspecified atom stereocenters. The minimum atomic E-state index is -0.0872. The SMILES string of the molecule is CCc1ccc([C@H](NCc2nc3ccccc3c(=O)[nH]2)C(C)C)cc1. The Morgan fingerprint density at radius 2 is 1.80 bits per heavy atom. The predicted molar refractivity (Wildman–Crippen MR) is 103 cm³/mol. The van der Waals surface area contributed by atoms with Crippen LogP contribution in [0.25, 0.3) is 10.9 Å². The van der Waals surface area contributed by atoms with E-state index in [1.165, 1.54) is 11.1 Å². The van der Waals surface area contributed by atoms with Crippen LogP contribution in [0, 0.1) is 5.92 Å². The third-order valence-corrected chi connectivity index (χ3v) is 4.57. The number of para-hydroxylation sites is 1. The number of rotatable bonds is 6. The highest BCUT2D eigenvalue weighted by atomic mass is 16.1. The molecule has 0 saturated carbocycles. The molecule has 0 fully saturated rings. The fraction of sp³-hybridized carbons (Fsp3) is 0.333. The maximum atomic E-state index is 12.2. The number of aryl methyl sites for hydroxylation is 1. The van der Waals surface area contributed by atoms with Crippen LogP contribution in [0.5, 0.6) is 0 Å². The number of H-pyrrole nitrogens is 1. The van der Waals surface area contributed by atoms with Crippen molar-refractivity contribution in [1.29, 1.82) is 0 Å². The van der Waals surface area contributed by atoms with Gasteiger partial charge in [-0.15, -0.1) is 0 Å². The van der Waals surface area contributed by atoms with Gasteiger partial charge in [-0.2, -0.15) is 0 Å². The van der Waals surface area contributed by atoms with E-state index in [1.807, 2.05) is 18.2 Å². The standard InChI is InChI=1S/C21H25N3O/c1-4-15-9-11-16(12-10-15)20(14(2)3)22-13-19-23-18-8-6-5-7-17(18)21(25)24-19/h5-12,14,20,22H,4,13H2,1-3H3,(H,23,24,25)/t20-/m1/s1. The van der Waals surface area contributed by atoms with Crippen LogP contribution >= 0.6 is 0 Å². The first kappa shape index (κ1) is 17.4. The largest absolute Gasteiger partial charge is 0.309 e. The van der Waals surface area contributed by atoms with E-state index in [9.17, 15) is 4.79 Å². The maximum Gasteiger partial charge on any atom is 0.258 e. The predicted octanol–water partition coefficient (Wildman–Crippen LogP) is 3.97. The van der Waals surface area contributed by atoms with Crippen molar-refractivity contribution < 1.29 is 0 Å². The van der Waals surface area contributed by atoms with Crippen LogP contribution < -0.4 is 10.9 Å². The summed E-state index contributed by atoms with van der Waals surface area (Å²) in [4.78, 5) is 19.7. The minimum absolute atomic E-state index is 0.0872. The molecule has 2 aromatic carbocycles. The van der Waals surface area contributed by atoms with Crippen molar-refractivity contribution in [2.45, 2.75) is 39.8 Å². The van der Waals surface area contributed by atoms with Crippen molar-refractivity contribution in [3.63, 3.8) is 0 Å². The fourth-order valence-corrected chi connectivity index (χ4v) is 3.12. The first-order valence-electron chi connectivity index (χ1n) is 8.88. The van der Waals surface area contributed by atoms with Crippen LogP contribution in [0.15, 0.2) is 53.3 Å². The lowest BCUT2D eigenvalue weighted by molar-refractivity contribution is 0.406. The molecule has 130 valence electrons. The van der Waals surface area contributed by atoms with E-state index >= 15 is 0 Å². The first-order chi connectivity index (χ1) is 12.1. The van der Waals surface area contributed by atoms with Crippen LogP contribution in [-0.4, -0.2) is 9.97 Å². The zero-order valence-corrected chi connectivity index (χ0v) is 15.0. The van der Waals surface area contributed by atoms with Crippen molar-refractivity contribution in [1.82, 2.24) is 15.3 Å². The van der Waals surface area contributed by atoms with Gasteiger partial charge < -0.3 is 10.3 Å². The van der Waals surface area contributed by atoms with Gasteiger partial charge in [0.2, 0.25) is 0 Å². The van der Waals surface area contributed by atoms with Gasteiger partial charge in [0.05, 0.1) is 17.4 Å². The van der Waals surface area contributed by atoms with Crippen LogP contribution in [0.1, 0.15) is 43.8 Å². The second-order valence-electron chi connectivity index (χ2n) is 6.73. The molecule has 25 heavy (non-hydrogen) atoms. The lowest BCUT2D eigenvalue weighted by atomic mass is 9.95. The topological polar surface area (TPSA) is 57.8 Å². The Morgan fingerprint density at radius 3 is 2.48 bits per heavy atom. The Bertz CT molecular complexity index is 897. The molecule has 4 nitrogen and oxygen atoms in total. The van der Waals surface area contributed by atoms with Gasteiger partial charge in [-0.1, -0.05) is 57.2 Å². The molecule has 1 heterocycles. The Labute approximate surface area is 148 Å². The lowest BCUT2D eigenvalue weighted by Gasteiger charge is -2.23. The average Bonchev–Trinajstić information content (AvgIpc) is 2.62. The van der Waals surface area contributed by atoms with E-state index in [1.54, 1.807) is 6.07 Å². The quantitative estimate of drug-likeness (QED) is 0.716. The van der Waals surface area contributed by atoms with E-state index in [0.29, 0.717) is 23.7 Å². The van der Waals surface area contributed by atoms with Gasteiger partial charge in [0.25, 0.3) is 5.56 Å². The summed E-state index contributed by atoms with van der Waals surface area (Å²) in [5, 5.41) is 4.18. The molecule has 0 bridgehead atoms. The Morgan fingerprint density at radius 1 is 1.08 bits per heavy atom. The summed E-state index contributed by atoms with van der Waals surface area (Å²) < 4.78 is 0. The van der Waals surface area contributed by atoms with Crippen molar-refractivity contribution in [3.8, 4) is 0 Å². The fourth-order valence-electron chi connectivity index (χ4n) is 3.12. The number of aromatic amines is 1. The molecule has 0 saturated heterocycles. The smallest absolute Gasteiger partial charge is 0.258 e. The molecule has 0 radical (unpaired) electrons. The number of hydrogen-bond acceptors (Lipinski definition) is 3. The molecule has 0 aliphatic heterocycles. The summed E-state index contributed by atoms with van der Waals surface area (Å²) in [6.45, 7) is 7.08. The van der Waals surface area contributed by atoms with E-state index in [-0.39, 0.29) is 11.6 Å². The van der Waals surface area contributed by atoms with E-state index in [0.717, 1.165) is 11.9 Å². The normalized spacial score (nSPS) is 12.6. The maximum absolute atomic E-state index is 12.2. The van der Waals surface area contributed by atoms with Crippen molar-refractivity contribution in [2.24, 2.45) is 5.92 Å². The van der Waals surface area contributed by atoms with Crippen LogP contribution in [-0.2, 0) is 13.0 Å². The molecular formula is C21H25N3O. The second-order valence-corrected chi connectivity index (χ2v) is 6.73. The minimum Gasteiger partial charge on any atom is -0.309 e. The van der Waals surface area contributed by atoms with Gasteiger partial charge in [-0.05, 0) is 35.6 Å². The summed E-state index contributed by atoms with van der Waals surface area (Å²) in [6, 6.07) is 16.4. The number of benzene rings is 2. The number of aromatic nitrogens is 2. The van der Waals surface area contributed by atoms with Crippen LogP contribution in [0.2, 0.25) is 0 Å². The lowest BCUT2D eigenvalue weighted by Crippen LogP contribution is -2.27. The van der Waals surface area contributed by atoms with Crippen molar-refractivity contribution in [3.05, 3.63) is 75.8 Å². The van der Waals surface area contributed by atoms with Crippen molar-refractivity contribution in [2.75, 3.05) is 0 Å². The van der Waals surface area contributed by atoms with E-state index in [4.69, 9.17) is 0 Å². The number of fused-ring (bicyclic) bond motifs is 1. The summed E-state index contributed by atoms with van der Waals surface area (Å²) in [7, 11) is 0. The molecule has 0 aliphatic rings. The third-order valence-electron chi connectivity index (χ3n) is 4.57. The Balaban J connectivity index is 1.80. The van der Waals surface area contributed by atoms with Gasteiger partial charge in [0.1, 0.15) is 5.82 Å². The van der Waals surface area contributed by atoms with Gasteiger partial charge in [0, 0.05) is 6.04 Å². The molecule has 3 rings (SSSR count). The number of hydrogen-bond donors (Lipinski definition) is 2. The highest BCUT2D eigenvalue weighted by Crippen LogP contribution is 2.22. The second kappa shape index (κ2) is 7.62. The monoisotopic (exact) mass is 335 g/mol. The summed E-state index contributed by atoms with van der Waals surface area (Å²) in [5.41, 5.74) is 3.24. The van der Waals surface area contributed by atoms with Gasteiger partial charge in [-0.25, -0.2) is 4.98 Å². The molecule has 3 aromatic rings. The first-order valence-corrected chi connectivity index (χ1v) is 8.88. The Hall–Kier alpha value is -2.46. The molecule has 0 aliphatic carbocycles. The summed E-state index contributed by atoms with van der Waals surface area (Å²) >= 11 is 0. The molecule has 4 heteroatoms. The average molecular weight is 335 g/mol. The molecule has 1 atom stereocenters. The number of nitrogens with zero attached hydrogens (tertiary/aromatic N) is 1. The van der Waals surface area contributed by atoms with E-state index < -0.39 is 0 Å². The summed E-state index contributed by atoms with van der Waals surface area (Å²) in [5.74, 6) is 1.10. The molecule has 1 aromatic heterocycles. The van der Waals surface area contributed by atoms with Crippen LogP contribution in [0.3, 0.4) is 0 Å². The van der Waals surface area contributed by atoms with E-state index in [2.05, 4.69) is 60.3 Å². The summed E-state index contributed by atoms with van der Waals surface area (Å²) in [6.07, 6.45) is 1.04. The molecule has 2 N–H and O–H groups in total. The van der Waals surface area contributed by atoms with Gasteiger partial charge >= 0.3 is 0 Å². The number of nitrogens with one attached hydrogen (secondary N) is 2. The zero-order valence-electron chi connectivity index (χ0n) is 15.0. The van der Waals surface area contributed by atoms with Gasteiger partial charge in [0.15, 0.2) is 0 Å². The third kappa shape index (κ3) is 3.97. The van der Waals surface area contributed by atoms with Crippen molar-refractivity contribution >= 4 is 10.9 Å². The van der Waals surface area contributed by atoms with Gasteiger partial charge in [-0.3, -0.25) is 4.79 Å². The highest BCUT2D eigenvalue weighted by molar-refractivity contribution is 5.77. The molecule has 0 amide bonds. The Kier molecular flexibility index (Phi) is 5.29. The molecular weight excluding hydrogens is 310 g/mol. The zero-order chi connectivity index (χ0) is 17.8. The molecule has 0 spiro atoms. The highest BCUT2D eigenvalue weighted by Gasteiger charge is 2.16. The van der Waals surface area contributed by atoms with Crippen LogP contribution in [0.4, 0.5) is 0 Å².